The molecule has 0 radical (unpaired) electrons. The highest BCUT2D eigenvalue weighted by molar-refractivity contribution is 7.18. The van der Waals surface area contributed by atoms with Crippen LogP contribution in [0, 0.1) is 6.92 Å². The van der Waals surface area contributed by atoms with Gasteiger partial charge in [0.15, 0.2) is 0 Å². The first kappa shape index (κ1) is 16.7. The van der Waals surface area contributed by atoms with Gasteiger partial charge in [-0.3, -0.25) is 9.59 Å². The van der Waals surface area contributed by atoms with E-state index in [0.29, 0.717) is 23.7 Å². The fraction of sp³-hybridized carbons (Fsp3) is 0.250. The third-order valence-electron chi connectivity index (χ3n) is 4.28. The molecule has 0 aliphatic heterocycles. The van der Waals surface area contributed by atoms with Crippen LogP contribution < -0.4 is 10.6 Å². The van der Waals surface area contributed by atoms with Gasteiger partial charge in [-0.25, -0.2) is 4.98 Å². The number of aryl methyl sites for hydroxylation is 1. The van der Waals surface area contributed by atoms with E-state index in [1.54, 1.807) is 17.4 Å². The first-order valence-corrected chi connectivity index (χ1v) is 9.45. The molecule has 1 heterocycles. The molecule has 2 amide bonds. The van der Waals surface area contributed by atoms with Gasteiger partial charge in [0.25, 0.3) is 5.91 Å². The van der Waals surface area contributed by atoms with E-state index in [1.165, 1.54) is 0 Å². The molecule has 0 atom stereocenters. The van der Waals surface area contributed by atoms with E-state index in [2.05, 4.69) is 15.6 Å². The lowest BCUT2D eigenvalue weighted by molar-refractivity contribution is -0.120. The number of nitrogens with one attached hydrogen (secondary N) is 2. The van der Waals surface area contributed by atoms with Crippen LogP contribution in [0.1, 0.15) is 33.8 Å². The van der Waals surface area contributed by atoms with Crippen molar-refractivity contribution >= 4 is 39.1 Å². The maximum atomic E-state index is 12.5. The Morgan fingerprint density at radius 3 is 2.65 bits per heavy atom. The maximum Gasteiger partial charge on any atom is 0.255 e. The Balaban J connectivity index is 1.40. The highest BCUT2D eigenvalue weighted by Gasteiger charge is 2.23. The van der Waals surface area contributed by atoms with Crippen LogP contribution in [0.25, 0.3) is 10.2 Å². The summed E-state index contributed by atoms with van der Waals surface area (Å²) in [5, 5.41) is 6.86. The van der Waals surface area contributed by atoms with E-state index < -0.39 is 0 Å². The van der Waals surface area contributed by atoms with E-state index in [0.717, 1.165) is 33.6 Å². The van der Waals surface area contributed by atoms with Crippen molar-refractivity contribution in [2.45, 2.75) is 32.2 Å². The van der Waals surface area contributed by atoms with Crippen molar-refractivity contribution in [3.8, 4) is 0 Å². The molecule has 4 rings (SSSR count). The molecule has 0 saturated heterocycles. The van der Waals surface area contributed by atoms with Crippen LogP contribution in [-0.2, 0) is 11.2 Å². The third-order valence-corrected chi connectivity index (χ3v) is 5.21. The van der Waals surface area contributed by atoms with E-state index in [-0.39, 0.29) is 11.8 Å². The predicted octanol–water partition coefficient (Wildman–Crippen LogP) is 3.68. The monoisotopic (exact) mass is 365 g/mol. The summed E-state index contributed by atoms with van der Waals surface area (Å²) in [6.45, 7) is 1.96. The Kier molecular flexibility index (Phi) is 4.42. The Morgan fingerprint density at radius 1 is 1.15 bits per heavy atom. The molecule has 5 nitrogen and oxygen atoms in total. The van der Waals surface area contributed by atoms with Crippen LogP contribution in [0.3, 0.4) is 0 Å². The van der Waals surface area contributed by atoms with Crippen molar-refractivity contribution < 1.29 is 9.59 Å². The Hall–Kier alpha value is -2.73. The van der Waals surface area contributed by atoms with Gasteiger partial charge < -0.3 is 10.6 Å². The molecule has 3 aromatic rings. The van der Waals surface area contributed by atoms with Gasteiger partial charge in [-0.1, -0.05) is 12.1 Å². The van der Waals surface area contributed by atoms with Crippen LogP contribution in [0.5, 0.6) is 0 Å². The van der Waals surface area contributed by atoms with Gasteiger partial charge in [-0.15, -0.1) is 11.3 Å². The number of carbonyl (C=O) groups is 2. The molecule has 2 aromatic carbocycles. The van der Waals surface area contributed by atoms with Gasteiger partial charge in [-0.2, -0.15) is 0 Å². The molecule has 26 heavy (non-hydrogen) atoms. The molecule has 6 heteroatoms. The van der Waals surface area contributed by atoms with Crippen molar-refractivity contribution in [3.63, 3.8) is 0 Å². The number of aromatic nitrogens is 1. The van der Waals surface area contributed by atoms with E-state index in [9.17, 15) is 9.59 Å². The fourth-order valence-corrected chi connectivity index (χ4v) is 3.65. The molecular weight excluding hydrogens is 346 g/mol. The highest BCUT2D eigenvalue weighted by atomic mass is 32.1. The van der Waals surface area contributed by atoms with E-state index in [4.69, 9.17) is 0 Å². The summed E-state index contributed by atoms with van der Waals surface area (Å²) in [6.07, 6.45) is 2.54. The van der Waals surface area contributed by atoms with Gasteiger partial charge >= 0.3 is 0 Å². The van der Waals surface area contributed by atoms with Gasteiger partial charge in [0.2, 0.25) is 5.91 Å². The van der Waals surface area contributed by atoms with Crippen molar-refractivity contribution in [2.75, 3.05) is 5.32 Å². The fourth-order valence-electron chi connectivity index (χ4n) is 2.78. The average molecular weight is 365 g/mol. The molecular formula is C20H19N3O2S. The zero-order valence-electron chi connectivity index (χ0n) is 14.4. The summed E-state index contributed by atoms with van der Waals surface area (Å²) in [6, 6.07) is 13.3. The number of hydrogen-bond acceptors (Lipinski definition) is 4. The molecule has 0 spiro atoms. The molecule has 1 aliphatic rings. The first-order valence-electron chi connectivity index (χ1n) is 8.64. The van der Waals surface area contributed by atoms with Crippen LogP contribution in [-0.4, -0.2) is 22.8 Å². The van der Waals surface area contributed by atoms with Gasteiger partial charge in [0, 0.05) is 17.3 Å². The Morgan fingerprint density at radius 2 is 1.92 bits per heavy atom. The van der Waals surface area contributed by atoms with Crippen LogP contribution >= 0.6 is 11.3 Å². The summed E-state index contributed by atoms with van der Waals surface area (Å²) in [5.74, 6) is -0.102. The number of hydrogen-bond donors (Lipinski definition) is 2. The standard InChI is InChI=1S/C20H19N3O2S/c1-12-21-17-9-4-14(11-18(17)26-12)20(25)23-16-5-2-13(3-6-16)10-19(24)22-15-7-8-15/h2-6,9,11,15H,7-8,10H2,1H3,(H,22,24)(H,23,25). The molecule has 0 unspecified atom stereocenters. The quantitative estimate of drug-likeness (QED) is 0.724. The predicted molar refractivity (Wildman–Crippen MR) is 104 cm³/mol. The van der Waals surface area contributed by atoms with E-state index in [1.807, 2.05) is 43.3 Å². The van der Waals surface area contributed by atoms with Crippen LogP contribution in [0.4, 0.5) is 5.69 Å². The Labute approximate surface area is 155 Å². The number of fused-ring (bicyclic) bond motifs is 1. The molecule has 1 aliphatic carbocycles. The second-order valence-electron chi connectivity index (χ2n) is 6.58. The summed E-state index contributed by atoms with van der Waals surface area (Å²) in [4.78, 5) is 28.7. The minimum absolute atomic E-state index is 0.0532. The van der Waals surface area contributed by atoms with E-state index >= 15 is 0 Å². The molecule has 0 bridgehead atoms. The molecule has 2 N–H and O–H groups in total. The molecule has 132 valence electrons. The summed E-state index contributed by atoms with van der Waals surface area (Å²) in [5.41, 5.74) is 3.16. The number of carbonyl (C=O) groups excluding carboxylic acids is 2. The number of thiazole rings is 1. The largest absolute Gasteiger partial charge is 0.353 e. The second-order valence-corrected chi connectivity index (χ2v) is 7.82. The lowest BCUT2D eigenvalue weighted by Crippen LogP contribution is -2.26. The lowest BCUT2D eigenvalue weighted by atomic mass is 10.1. The zero-order chi connectivity index (χ0) is 18.1. The van der Waals surface area contributed by atoms with Crippen LogP contribution in [0.15, 0.2) is 42.5 Å². The zero-order valence-corrected chi connectivity index (χ0v) is 15.2. The number of amides is 2. The number of anilines is 1. The minimum Gasteiger partial charge on any atom is -0.353 e. The SMILES string of the molecule is Cc1nc2ccc(C(=O)Nc3ccc(CC(=O)NC4CC4)cc3)cc2s1. The average Bonchev–Trinajstić information content (AvgIpc) is 3.33. The van der Waals surface area contributed by atoms with Crippen molar-refractivity contribution in [1.82, 2.24) is 10.3 Å². The number of nitrogens with zero attached hydrogens (tertiary/aromatic N) is 1. The summed E-state index contributed by atoms with van der Waals surface area (Å²) < 4.78 is 1.01. The Bertz CT molecular complexity index is 974. The molecule has 1 fully saturated rings. The number of rotatable bonds is 5. The van der Waals surface area contributed by atoms with Gasteiger partial charge in [-0.05, 0) is 55.7 Å². The van der Waals surface area contributed by atoms with Gasteiger partial charge in [0.1, 0.15) is 0 Å². The third kappa shape index (κ3) is 3.91. The normalized spacial score (nSPS) is 13.6. The highest BCUT2D eigenvalue weighted by Crippen LogP contribution is 2.23. The lowest BCUT2D eigenvalue weighted by Gasteiger charge is -2.07. The maximum absolute atomic E-state index is 12.5. The molecule has 1 saturated carbocycles. The van der Waals surface area contributed by atoms with Crippen molar-refractivity contribution in [3.05, 3.63) is 58.6 Å². The second kappa shape index (κ2) is 6.88. The van der Waals surface area contributed by atoms with Crippen molar-refractivity contribution in [1.29, 1.82) is 0 Å². The van der Waals surface area contributed by atoms with Crippen molar-refractivity contribution in [2.24, 2.45) is 0 Å². The van der Waals surface area contributed by atoms with Crippen LogP contribution in [0.2, 0.25) is 0 Å². The number of benzene rings is 2. The molecule has 1 aromatic heterocycles. The smallest absolute Gasteiger partial charge is 0.255 e. The summed E-state index contributed by atoms with van der Waals surface area (Å²) in [7, 11) is 0. The topological polar surface area (TPSA) is 71.1 Å². The minimum atomic E-state index is -0.155. The van der Waals surface area contributed by atoms with Gasteiger partial charge in [0.05, 0.1) is 21.6 Å². The first-order chi connectivity index (χ1) is 12.6. The summed E-state index contributed by atoms with van der Waals surface area (Å²) >= 11 is 1.58.